The first kappa shape index (κ1) is 26.7. The number of esters is 1. The molecule has 0 bridgehead atoms. The first-order valence-corrected chi connectivity index (χ1v) is 12.4. The van der Waals surface area contributed by atoms with Gasteiger partial charge in [-0.2, -0.15) is 17.6 Å². The molecule has 0 unspecified atom stereocenters. The Balaban J connectivity index is 1.42. The van der Waals surface area contributed by atoms with Gasteiger partial charge in [0.05, 0.1) is 24.3 Å². The van der Waals surface area contributed by atoms with E-state index >= 15 is 4.39 Å². The van der Waals surface area contributed by atoms with Crippen molar-refractivity contribution >= 4 is 34.1 Å². The van der Waals surface area contributed by atoms with Gasteiger partial charge < -0.3 is 15.0 Å². The van der Waals surface area contributed by atoms with Gasteiger partial charge in [-0.15, -0.1) is 11.3 Å². The minimum Gasteiger partial charge on any atom is -0.466 e. The Morgan fingerprint density at radius 2 is 1.95 bits per heavy atom. The summed E-state index contributed by atoms with van der Waals surface area (Å²) in [6, 6.07) is 0.997. The molecule has 4 heterocycles. The van der Waals surface area contributed by atoms with Gasteiger partial charge >= 0.3 is 12.1 Å². The Labute approximate surface area is 214 Å². The van der Waals surface area contributed by atoms with Gasteiger partial charge in [0.25, 0.3) is 0 Å². The molecule has 0 spiro atoms. The number of halogens is 4. The highest BCUT2D eigenvalue weighted by Crippen LogP contribution is 2.35. The number of nitrogens with one attached hydrogen (secondary N) is 1. The van der Waals surface area contributed by atoms with Gasteiger partial charge in [-0.3, -0.25) is 14.7 Å². The molecule has 1 N–H and O–H groups in total. The SMILES string of the molecule is CCOC(=O)CCN1CCN(c2ncnc(Nc3nc(-c4cnc(C)c(C(F)(F)F)c4)cs3)c2F)CC1. The number of anilines is 3. The van der Waals surface area contributed by atoms with Crippen molar-refractivity contribution in [3.8, 4) is 11.3 Å². The standard InChI is InChI=1S/C23H25F4N7O2S/c1-3-36-18(35)4-5-33-6-8-34(9-7-33)21-19(24)20(29-13-30-21)32-22-31-17(12-37-22)15-10-16(23(25,26)27)14(2)28-11-15/h10-13H,3-9H2,1-2H3,(H,29,30,31,32). The van der Waals surface area contributed by atoms with E-state index in [-0.39, 0.29) is 39.7 Å². The van der Waals surface area contributed by atoms with E-state index in [4.69, 9.17) is 4.74 Å². The molecule has 1 fully saturated rings. The fourth-order valence-electron chi connectivity index (χ4n) is 3.86. The highest BCUT2D eigenvalue weighted by atomic mass is 32.1. The first-order valence-electron chi connectivity index (χ1n) is 11.6. The van der Waals surface area contributed by atoms with Gasteiger partial charge in [-0.1, -0.05) is 0 Å². The molecule has 0 amide bonds. The molecule has 3 aromatic heterocycles. The molecule has 3 aromatic rings. The predicted octanol–water partition coefficient (Wildman–Crippen LogP) is 4.28. The number of thiazole rings is 1. The minimum atomic E-state index is -4.53. The average Bonchev–Trinajstić information content (AvgIpc) is 3.33. The topological polar surface area (TPSA) is 96.4 Å². The second-order valence-electron chi connectivity index (χ2n) is 8.26. The van der Waals surface area contributed by atoms with Gasteiger partial charge in [0.15, 0.2) is 16.8 Å². The van der Waals surface area contributed by atoms with Crippen LogP contribution in [-0.4, -0.2) is 70.1 Å². The van der Waals surface area contributed by atoms with E-state index in [1.165, 1.54) is 19.4 Å². The van der Waals surface area contributed by atoms with Crippen LogP contribution < -0.4 is 10.2 Å². The number of pyridine rings is 1. The molecule has 1 aliphatic rings. The van der Waals surface area contributed by atoms with Crippen LogP contribution in [0.15, 0.2) is 24.0 Å². The minimum absolute atomic E-state index is 0.0892. The van der Waals surface area contributed by atoms with Crippen molar-refractivity contribution < 1.29 is 27.1 Å². The summed E-state index contributed by atoms with van der Waals surface area (Å²) in [6.45, 7) is 6.26. The Morgan fingerprint density at radius 1 is 1.19 bits per heavy atom. The highest BCUT2D eigenvalue weighted by Gasteiger charge is 2.33. The van der Waals surface area contributed by atoms with Crippen molar-refractivity contribution in [1.29, 1.82) is 0 Å². The molecule has 1 saturated heterocycles. The summed E-state index contributed by atoms with van der Waals surface area (Å²) < 4.78 is 59.9. The van der Waals surface area contributed by atoms with E-state index in [0.717, 1.165) is 17.4 Å². The maximum absolute atomic E-state index is 15.3. The fourth-order valence-corrected chi connectivity index (χ4v) is 4.58. The van der Waals surface area contributed by atoms with Crippen LogP contribution in [0, 0.1) is 12.7 Å². The number of nitrogens with zero attached hydrogens (tertiary/aromatic N) is 6. The summed E-state index contributed by atoms with van der Waals surface area (Å²) in [4.78, 5) is 31.7. The third-order valence-corrected chi connectivity index (χ3v) is 6.56. The number of carbonyl (C=O) groups excluding carboxylic acids is 1. The molecule has 0 saturated carbocycles. The van der Waals surface area contributed by atoms with E-state index in [2.05, 4.69) is 30.2 Å². The number of rotatable bonds is 8. The molecule has 1 aliphatic heterocycles. The lowest BCUT2D eigenvalue weighted by Crippen LogP contribution is -2.47. The van der Waals surface area contributed by atoms with Gasteiger partial charge in [0.2, 0.25) is 5.82 Å². The second-order valence-corrected chi connectivity index (χ2v) is 9.12. The number of hydrogen-bond acceptors (Lipinski definition) is 10. The summed E-state index contributed by atoms with van der Waals surface area (Å²) in [5.41, 5.74) is -0.480. The van der Waals surface area contributed by atoms with E-state index in [1.807, 2.05) is 0 Å². The molecular formula is C23H25F4N7O2S. The molecule has 0 radical (unpaired) electrons. The number of ether oxygens (including phenoxy) is 1. The molecule has 0 aromatic carbocycles. The third-order valence-electron chi connectivity index (χ3n) is 5.80. The third kappa shape index (κ3) is 6.49. The maximum Gasteiger partial charge on any atom is 0.418 e. The largest absolute Gasteiger partial charge is 0.466 e. The summed E-state index contributed by atoms with van der Waals surface area (Å²) >= 11 is 1.10. The summed E-state index contributed by atoms with van der Waals surface area (Å²) in [6.07, 6.45) is -1.67. The summed E-state index contributed by atoms with van der Waals surface area (Å²) in [5, 5.41) is 4.62. The van der Waals surface area contributed by atoms with Gasteiger partial charge in [0.1, 0.15) is 6.33 Å². The number of aryl methyl sites for hydroxylation is 1. The monoisotopic (exact) mass is 539 g/mol. The van der Waals surface area contributed by atoms with Crippen molar-refractivity contribution in [2.45, 2.75) is 26.4 Å². The number of aromatic nitrogens is 4. The second kappa shape index (κ2) is 11.3. The molecule has 37 heavy (non-hydrogen) atoms. The lowest BCUT2D eigenvalue weighted by atomic mass is 10.1. The molecule has 4 rings (SSSR count). The lowest BCUT2D eigenvalue weighted by Gasteiger charge is -2.35. The van der Waals surface area contributed by atoms with Crippen LogP contribution in [0.5, 0.6) is 0 Å². The van der Waals surface area contributed by atoms with Crippen LogP contribution in [0.2, 0.25) is 0 Å². The Kier molecular flexibility index (Phi) is 8.17. The van der Waals surface area contributed by atoms with Gasteiger partial charge in [-0.25, -0.2) is 15.0 Å². The molecule has 14 heteroatoms. The van der Waals surface area contributed by atoms with E-state index in [1.54, 1.807) is 17.2 Å². The maximum atomic E-state index is 15.3. The molecular weight excluding hydrogens is 514 g/mol. The highest BCUT2D eigenvalue weighted by molar-refractivity contribution is 7.14. The van der Waals surface area contributed by atoms with Crippen molar-refractivity contribution in [3.63, 3.8) is 0 Å². The fraction of sp³-hybridized carbons (Fsp3) is 0.435. The predicted molar refractivity (Wildman–Crippen MR) is 130 cm³/mol. The number of piperazine rings is 1. The molecule has 9 nitrogen and oxygen atoms in total. The smallest absolute Gasteiger partial charge is 0.418 e. The van der Waals surface area contributed by atoms with Gasteiger partial charge in [0, 0.05) is 55.6 Å². The van der Waals surface area contributed by atoms with Crippen LogP contribution in [-0.2, 0) is 15.7 Å². The van der Waals surface area contributed by atoms with Crippen molar-refractivity contribution in [2.24, 2.45) is 0 Å². The lowest BCUT2D eigenvalue weighted by molar-refractivity contribution is -0.143. The number of carbonyl (C=O) groups is 1. The van der Waals surface area contributed by atoms with Crippen molar-refractivity contribution in [1.82, 2.24) is 24.8 Å². The summed E-state index contributed by atoms with van der Waals surface area (Å²) in [7, 11) is 0. The molecule has 0 aliphatic carbocycles. The zero-order valence-electron chi connectivity index (χ0n) is 20.2. The van der Waals surface area contributed by atoms with Crippen LogP contribution in [0.4, 0.5) is 34.3 Å². The van der Waals surface area contributed by atoms with Crippen LogP contribution in [0.25, 0.3) is 11.3 Å². The van der Waals surface area contributed by atoms with Crippen molar-refractivity contribution in [2.75, 3.05) is 49.5 Å². The Bertz CT molecular complexity index is 1250. The molecule has 0 atom stereocenters. The summed E-state index contributed by atoms with van der Waals surface area (Å²) in [5.74, 6) is -0.853. The molecule has 198 valence electrons. The normalized spacial score (nSPS) is 14.6. The van der Waals surface area contributed by atoms with E-state index < -0.39 is 17.6 Å². The first-order chi connectivity index (χ1) is 17.7. The van der Waals surface area contributed by atoms with E-state index in [9.17, 15) is 18.0 Å². The zero-order chi connectivity index (χ0) is 26.6. The van der Waals surface area contributed by atoms with Crippen LogP contribution >= 0.6 is 11.3 Å². The Hall–Kier alpha value is -3.39. The number of alkyl halides is 3. The zero-order valence-corrected chi connectivity index (χ0v) is 21.0. The quantitative estimate of drug-likeness (QED) is 0.332. The average molecular weight is 540 g/mol. The van der Waals surface area contributed by atoms with Crippen LogP contribution in [0.3, 0.4) is 0 Å². The number of hydrogen-bond donors (Lipinski definition) is 1. The van der Waals surface area contributed by atoms with E-state index in [0.29, 0.717) is 45.8 Å². The Morgan fingerprint density at radius 3 is 2.65 bits per heavy atom. The van der Waals surface area contributed by atoms with Gasteiger partial charge in [-0.05, 0) is 19.9 Å². The van der Waals surface area contributed by atoms with Crippen molar-refractivity contribution in [3.05, 3.63) is 41.0 Å². The van der Waals surface area contributed by atoms with Crippen LogP contribution in [0.1, 0.15) is 24.6 Å².